The first-order chi connectivity index (χ1) is 6.24. The average Bonchev–Trinajstić information content (AvgIpc) is 2.66. The van der Waals surface area contributed by atoms with Crippen LogP contribution in [0.4, 0.5) is 4.79 Å². The second-order valence-electron chi connectivity index (χ2n) is 2.94. The Morgan fingerprint density at radius 2 is 2.54 bits per heavy atom. The Balaban J connectivity index is 2.35. The Kier molecular flexibility index (Phi) is 3.45. The number of amides is 1. The van der Waals surface area contributed by atoms with Gasteiger partial charge in [0, 0.05) is 25.5 Å². The predicted octanol–water partition coefficient (Wildman–Crippen LogP) is 0.0692. The highest BCUT2D eigenvalue weighted by Gasteiger charge is 2.04. The normalized spacial score (nSPS) is 12.5. The van der Waals surface area contributed by atoms with Gasteiger partial charge in [-0.2, -0.15) is 0 Å². The van der Waals surface area contributed by atoms with Gasteiger partial charge >= 0.3 is 6.03 Å². The van der Waals surface area contributed by atoms with Crippen LogP contribution < -0.4 is 5.32 Å². The largest absolute Gasteiger partial charge is 0.396 e. The molecule has 1 atom stereocenters. The summed E-state index contributed by atoms with van der Waals surface area (Å²) in [5, 5.41) is 11.4. The zero-order chi connectivity index (χ0) is 9.68. The summed E-state index contributed by atoms with van der Waals surface area (Å²) in [5.41, 5.74) is 0. The smallest absolute Gasteiger partial charge is 0.326 e. The first-order valence-corrected chi connectivity index (χ1v) is 4.11. The number of carbonyl (C=O) groups excluding carboxylic acids is 1. The minimum Gasteiger partial charge on any atom is -0.396 e. The van der Waals surface area contributed by atoms with Gasteiger partial charge in [-0.15, -0.1) is 0 Å². The molecule has 5 heteroatoms. The van der Waals surface area contributed by atoms with Crippen molar-refractivity contribution in [2.45, 2.75) is 6.92 Å². The third-order valence-electron chi connectivity index (χ3n) is 1.65. The minimum absolute atomic E-state index is 0.0736. The molecule has 0 radical (unpaired) electrons. The molecule has 1 heterocycles. The molecule has 1 aromatic heterocycles. The first kappa shape index (κ1) is 9.73. The topological polar surface area (TPSA) is 67.2 Å². The third kappa shape index (κ3) is 2.87. The van der Waals surface area contributed by atoms with Gasteiger partial charge in [-0.3, -0.25) is 4.57 Å². The fraction of sp³-hybridized carbons (Fsp3) is 0.500. The number of nitrogens with zero attached hydrogens (tertiary/aromatic N) is 2. The molecule has 1 unspecified atom stereocenters. The molecule has 72 valence electrons. The third-order valence-corrected chi connectivity index (χ3v) is 1.65. The van der Waals surface area contributed by atoms with Gasteiger partial charge in [0.25, 0.3) is 0 Å². The Hall–Kier alpha value is -1.36. The molecule has 0 aliphatic carbocycles. The lowest BCUT2D eigenvalue weighted by Gasteiger charge is -2.09. The van der Waals surface area contributed by atoms with Gasteiger partial charge in [0.05, 0.1) is 0 Å². The van der Waals surface area contributed by atoms with Crippen LogP contribution in [0.25, 0.3) is 0 Å². The fourth-order valence-electron chi connectivity index (χ4n) is 0.797. The van der Waals surface area contributed by atoms with E-state index in [4.69, 9.17) is 5.11 Å². The summed E-state index contributed by atoms with van der Waals surface area (Å²) in [6.45, 7) is 2.39. The van der Waals surface area contributed by atoms with E-state index in [0.29, 0.717) is 6.54 Å². The van der Waals surface area contributed by atoms with Crippen LogP contribution in [0.5, 0.6) is 0 Å². The van der Waals surface area contributed by atoms with Crippen molar-refractivity contribution >= 4 is 6.03 Å². The molecule has 0 saturated carbocycles. The van der Waals surface area contributed by atoms with Gasteiger partial charge in [-0.25, -0.2) is 9.78 Å². The van der Waals surface area contributed by atoms with Gasteiger partial charge in [0.2, 0.25) is 0 Å². The molecule has 0 fully saturated rings. The van der Waals surface area contributed by atoms with Crippen LogP contribution in [0, 0.1) is 5.92 Å². The number of aliphatic hydroxyl groups is 1. The van der Waals surface area contributed by atoms with Gasteiger partial charge < -0.3 is 10.4 Å². The second-order valence-corrected chi connectivity index (χ2v) is 2.94. The highest BCUT2D eigenvalue weighted by Crippen LogP contribution is 1.90. The van der Waals surface area contributed by atoms with Crippen LogP contribution in [0.1, 0.15) is 6.92 Å². The summed E-state index contributed by atoms with van der Waals surface area (Å²) in [7, 11) is 0. The van der Waals surface area contributed by atoms with Crippen molar-refractivity contribution in [2.75, 3.05) is 13.2 Å². The van der Waals surface area contributed by atoms with Crippen molar-refractivity contribution in [1.29, 1.82) is 0 Å². The summed E-state index contributed by atoms with van der Waals surface area (Å²) in [4.78, 5) is 15.0. The SMILES string of the molecule is CC(CO)CNC(=O)n1ccnc1. The predicted molar refractivity (Wildman–Crippen MR) is 47.3 cm³/mol. The molecule has 13 heavy (non-hydrogen) atoms. The maximum Gasteiger partial charge on any atom is 0.326 e. The second kappa shape index (κ2) is 4.61. The maximum atomic E-state index is 11.3. The summed E-state index contributed by atoms with van der Waals surface area (Å²) >= 11 is 0. The molecule has 2 N–H and O–H groups in total. The summed E-state index contributed by atoms with van der Waals surface area (Å²) in [6, 6.07) is -0.224. The highest BCUT2D eigenvalue weighted by molar-refractivity contribution is 5.76. The summed E-state index contributed by atoms with van der Waals surface area (Å²) < 4.78 is 1.35. The lowest BCUT2D eigenvalue weighted by Crippen LogP contribution is -2.32. The number of aromatic nitrogens is 2. The minimum atomic E-state index is -0.224. The number of hydrogen-bond acceptors (Lipinski definition) is 3. The quantitative estimate of drug-likeness (QED) is 0.696. The van der Waals surface area contributed by atoms with Gasteiger partial charge in [0.1, 0.15) is 6.33 Å². The number of hydrogen-bond donors (Lipinski definition) is 2. The molecule has 5 nitrogen and oxygen atoms in total. The summed E-state index contributed by atoms with van der Waals surface area (Å²) in [6.07, 6.45) is 4.53. The van der Waals surface area contributed by atoms with Crippen LogP contribution in [-0.2, 0) is 0 Å². The van der Waals surface area contributed by atoms with E-state index in [1.54, 1.807) is 6.20 Å². The van der Waals surface area contributed by atoms with E-state index < -0.39 is 0 Å². The van der Waals surface area contributed by atoms with Crippen molar-refractivity contribution in [1.82, 2.24) is 14.9 Å². The van der Waals surface area contributed by atoms with E-state index in [0.717, 1.165) is 0 Å². The molecule has 0 saturated heterocycles. The molecule has 0 aliphatic heterocycles. The van der Waals surface area contributed by atoms with Crippen molar-refractivity contribution in [3.05, 3.63) is 18.7 Å². The molecule has 0 aliphatic rings. The molecule has 1 rings (SSSR count). The van der Waals surface area contributed by atoms with Crippen LogP contribution in [0.2, 0.25) is 0 Å². The molecule has 0 bridgehead atoms. The van der Waals surface area contributed by atoms with E-state index in [9.17, 15) is 4.79 Å². The lowest BCUT2D eigenvalue weighted by atomic mass is 10.2. The number of nitrogens with one attached hydrogen (secondary N) is 1. The Morgan fingerprint density at radius 3 is 3.08 bits per heavy atom. The standard InChI is InChI=1S/C8H13N3O2/c1-7(5-12)4-10-8(13)11-3-2-9-6-11/h2-3,6-7,12H,4-5H2,1H3,(H,10,13). The van der Waals surface area contributed by atoms with Crippen LogP contribution >= 0.6 is 0 Å². The molecule has 1 aromatic rings. The lowest BCUT2D eigenvalue weighted by molar-refractivity contribution is 0.223. The fourth-order valence-corrected chi connectivity index (χ4v) is 0.797. The van der Waals surface area contributed by atoms with E-state index in [1.165, 1.54) is 17.1 Å². The van der Waals surface area contributed by atoms with Crippen LogP contribution in [0.3, 0.4) is 0 Å². The van der Waals surface area contributed by atoms with Crippen molar-refractivity contribution in [3.63, 3.8) is 0 Å². The molecule has 0 spiro atoms. The zero-order valence-corrected chi connectivity index (χ0v) is 7.47. The highest BCUT2D eigenvalue weighted by atomic mass is 16.3. The van der Waals surface area contributed by atoms with Crippen molar-refractivity contribution < 1.29 is 9.90 Å². The van der Waals surface area contributed by atoms with Crippen LogP contribution in [0.15, 0.2) is 18.7 Å². The molecular weight excluding hydrogens is 170 g/mol. The van der Waals surface area contributed by atoms with Crippen LogP contribution in [-0.4, -0.2) is 33.8 Å². The Bertz CT molecular complexity index is 258. The van der Waals surface area contributed by atoms with E-state index in [1.807, 2.05) is 6.92 Å². The monoisotopic (exact) mass is 183 g/mol. The Morgan fingerprint density at radius 1 is 1.77 bits per heavy atom. The zero-order valence-electron chi connectivity index (χ0n) is 7.47. The van der Waals surface area contributed by atoms with Crippen molar-refractivity contribution in [3.8, 4) is 0 Å². The number of carbonyl (C=O) groups is 1. The van der Waals surface area contributed by atoms with Gasteiger partial charge in [0.15, 0.2) is 0 Å². The van der Waals surface area contributed by atoms with Gasteiger partial charge in [-0.1, -0.05) is 6.92 Å². The molecular formula is C8H13N3O2. The van der Waals surface area contributed by atoms with Crippen molar-refractivity contribution in [2.24, 2.45) is 5.92 Å². The van der Waals surface area contributed by atoms with E-state index in [2.05, 4.69) is 10.3 Å². The summed E-state index contributed by atoms with van der Waals surface area (Å²) in [5.74, 6) is 0.0764. The Labute approximate surface area is 76.4 Å². The first-order valence-electron chi connectivity index (χ1n) is 4.11. The molecule has 1 amide bonds. The van der Waals surface area contributed by atoms with E-state index >= 15 is 0 Å². The number of imidazole rings is 1. The van der Waals surface area contributed by atoms with E-state index in [-0.39, 0.29) is 18.6 Å². The maximum absolute atomic E-state index is 11.3. The number of rotatable bonds is 3. The van der Waals surface area contributed by atoms with Gasteiger partial charge in [-0.05, 0) is 5.92 Å². The molecule has 0 aromatic carbocycles. The average molecular weight is 183 g/mol. The number of aliphatic hydroxyl groups excluding tert-OH is 1.